The summed E-state index contributed by atoms with van der Waals surface area (Å²) >= 11 is 0. The number of benzene rings is 1. The average molecular weight is 288 g/mol. The number of hydrogen-bond donors (Lipinski definition) is 2. The van der Waals surface area contributed by atoms with Crippen molar-refractivity contribution in [3.05, 3.63) is 36.5 Å². The Morgan fingerprint density at radius 3 is 2.71 bits per heavy atom. The van der Waals surface area contributed by atoms with Gasteiger partial charge in [-0.2, -0.15) is 5.10 Å². The van der Waals surface area contributed by atoms with Crippen LogP contribution in [0.5, 0.6) is 0 Å². The van der Waals surface area contributed by atoms with E-state index in [0.717, 1.165) is 11.3 Å². The zero-order valence-corrected chi connectivity index (χ0v) is 12.3. The van der Waals surface area contributed by atoms with Gasteiger partial charge in [-0.3, -0.25) is 4.68 Å². The number of aromatic nitrogens is 2. The molecule has 0 spiro atoms. The highest BCUT2D eigenvalue weighted by Crippen LogP contribution is 2.26. The minimum absolute atomic E-state index is 0.0557. The topological polar surface area (TPSA) is 70.4 Å². The van der Waals surface area contributed by atoms with Gasteiger partial charge >= 0.3 is 6.03 Å². The van der Waals surface area contributed by atoms with E-state index < -0.39 is 0 Å². The van der Waals surface area contributed by atoms with Gasteiger partial charge < -0.3 is 15.3 Å². The normalized spacial score (nSPS) is 10.4. The molecule has 0 radical (unpaired) electrons. The maximum Gasteiger partial charge on any atom is 0.322 e. The number of carbonyl (C=O) groups is 1. The van der Waals surface area contributed by atoms with Gasteiger partial charge in [0.05, 0.1) is 12.3 Å². The summed E-state index contributed by atoms with van der Waals surface area (Å²) in [5, 5.41) is 16.2. The molecule has 21 heavy (non-hydrogen) atoms. The molecule has 2 amide bonds. The standard InChI is InChI=1S/C15H20N4O2/c1-3-19(9-10-20)15(21)16-13-11-18(2)17-14(13)12-7-5-4-6-8-12/h4-8,11,20H,3,9-10H2,1-2H3,(H,16,21). The lowest BCUT2D eigenvalue weighted by atomic mass is 10.1. The first-order valence-corrected chi connectivity index (χ1v) is 6.91. The number of carbonyl (C=O) groups excluding carboxylic acids is 1. The molecule has 1 aromatic heterocycles. The van der Waals surface area contributed by atoms with Gasteiger partial charge in [0.25, 0.3) is 0 Å². The second-order valence-electron chi connectivity index (χ2n) is 4.66. The number of aliphatic hydroxyl groups is 1. The molecular weight excluding hydrogens is 268 g/mol. The van der Waals surface area contributed by atoms with Crippen LogP contribution >= 0.6 is 0 Å². The van der Waals surface area contributed by atoms with Gasteiger partial charge in [0, 0.05) is 31.9 Å². The second-order valence-corrected chi connectivity index (χ2v) is 4.66. The summed E-state index contributed by atoms with van der Waals surface area (Å²) in [4.78, 5) is 13.7. The highest BCUT2D eigenvalue weighted by Gasteiger charge is 2.16. The molecule has 0 aliphatic heterocycles. The van der Waals surface area contributed by atoms with Crippen molar-refractivity contribution >= 4 is 11.7 Å². The third-order valence-corrected chi connectivity index (χ3v) is 3.16. The van der Waals surface area contributed by atoms with Gasteiger partial charge in [0.2, 0.25) is 0 Å². The molecule has 0 saturated carbocycles. The van der Waals surface area contributed by atoms with Crippen molar-refractivity contribution in [2.24, 2.45) is 7.05 Å². The van der Waals surface area contributed by atoms with Crippen molar-refractivity contribution in [3.8, 4) is 11.3 Å². The fraction of sp³-hybridized carbons (Fsp3) is 0.333. The van der Waals surface area contributed by atoms with Crippen LogP contribution in [0.15, 0.2) is 36.5 Å². The van der Waals surface area contributed by atoms with E-state index in [9.17, 15) is 4.79 Å². The van der Waals surface area contributed by atoms with E-state index in [1.54, 1.807) is 15.8 Å². The molecule has 0 bridgehead atoms. The third-order valence-electron chi connectivity index (χ3n) is 3.16. The number of urea groups is 1. The zero-order chi connectivity index (χ0) is 15.2. The number of rotatable bonds is 5. The van der Waals surface area contributed by atoms with Crippen LogP contribution in [0.2, 0.25) is 0 Å². The molecule has 2 rings (SSSR count). The number of amides is 2. The van der Waals surface area contributed by atoms with E-state index in [0.29, 0.717) is 18.8 Å². The molecule has 0 atom stereocenters. The Kier molecular flexibility index (Phi) is 4.94. The van der Waals surface area contributed by atoms with E-state index in [4.69, 9.17) is 5.11 Å². The van der Waals surface area contributed by atoms with Crippen LogP contribution in [0, 0.1) is 0 Å². The molecular formula is C15H20N4O2. The van der Waals surface area contributed by atoms with E-state index in [2.05, 4.69) is 10.4 Å². The van der Waals surface area contributed by atoms with Crippen LogP contribution in [-0.4, -0.2) is 45.5 Å². The highest BCUT2D eigenvalue weighted by molar-refractivity contribution is 5.93. The molecule has 0 aliphatic carbocycles. The molecule has 6 heteroatoms. The number of hydrogen-bond acceptors (Lipinski definition) is 3. The summed E-state index contributed by atoms with van der Waals surface area (Å²) in [6, 6.07) is 9.45. The number of aryl methyl sites for hydroxylation is 1. The number of aliphatic hydroxyl groups excluding tert-OH is 1. The molecule has 112 valence electrons. The molecule has 0 fully saturated rings. The minimum Gasteiger partial charge on any atom is -0.395 e. The quantitative estimate of drug-likeness (QED) is 0.883. The van der Waals surface area contributed by atoms with Crippen molar-refractivity contribution in [2.75, 3.05) is 25.0 Å². The van der Waals surface area contributed by atoms with Crippen molar-refractivity contribution < 1.29 is 9.90 Å². The van der Waals surface area contributed by atoms with E-state index in [-0.39, 0.29) is 12.6 Å². The Morgan fingerprint density at radius 2 is 2.10 bits per heavy atom. The largest absolute Gasteiger partial charge is 0.395 e. The summed E-state index contributed by atoms with van der Waals surface area (Å²) in [6.07, 6.45) is 1.77. The molecule has 0 saturated heterocycles. The highest BCUT2D eigenvalue weighted by atomic mass is 16.3. The summed E-state index contributed by atoms with van der Waals surface area (Å²) in [5.41, 5.74) is 2.33. The molecule has 1 heterocycles. The van der Waals surface area contributed by atoms with Crippen molar-refractivity contribution in [1.82, 2.24) is 14.7 Å². The van der Waals surface area contributed by atoms with Crippen LogP contribution in [0.3, 0.4) is 0 Å². The first-order chi connectivity index (χ1) is 10.2. The molecule has 2 N–H and O–H groups in total. The predicted octanol–water partition coefficient (Wildman–Crippen LogP) is 1.93. The summed E-state index contributed by atoms with van der Waals surface area (Å²) < 4.78 is 1.67. The molecule has 6 nitrogen and oxygen atoms in total. The first kappa shape index (κ1) is 15.1. The third kappa shape index (κ3) is 3.61. The number of anilines is 1. The van der Waals surface area contributed by atoms with Crippen molar-refractivity contribution in [1.29, 1.82) is 0 Å². The Balaban J connectivity index is 2.23. The number of nitrogens with zero attached hydrogens (tertiary/aromatic N) is 3. The summed E-state index contributed by atoms with van der Waals surface area (Å²) in [6.45, 7) is 2.66. The number of nitrogens with one attached hydrogen (secondary N) is 1. The molecule has 1 aromatic carbocycles. The van der Waals surface area contributed by atoms with Crippen LogP contribution in [0.4, 0.5) is 10.5 Å². The lowest BCUT2D eigenvalue weighted by Crippen LogP contribution is -2.36. The predicted molar refractivity (Wildman–Crippen MR) is 82.0 cm³/mol. The van der Waals surface area contributed by atoms with Gasteiger partial charge in [0.15, 0.2) is 0 Å². The van der Waals surface area contributed by atoms with Crippen LogP contribution in [0.25, 0.3) is 11.3 Å². The smallest absolute Gasteiger partial charge is 0.322 e. The van der Waals surface area contributed by atoms with Gasteiger partial charge in [-0.1, -0.05) is 30.3 Å². The first-order valence-electron chi connectivity index (χ1n) is 6.91. The monoisotopic (exact) mass is 288 g/mol. The lowest BCUT2D eigenvalue weighted by molar-refractivity contribution is 0.192. The Morgan fingerprint density at radius 1 is 1.38 bits per heavy atom. The fourth-order valence-corrected chi connectivity index (χ4v) is 2.11. The van der Waals surface area contributed by atoms with E-state index in [1.807, 2.05) is 44.3 Å². The number of likely N-dealkylation sites (N-methyl/N-ethyl adjacent to an activating group) is 1. The maximum absolute atomic E-state index is 12.2. The zero-order valence-electron chi connectivity index (χ0n) is 12.3. The molecule has 2 aromatic rings. The Labute approximate surface area is 124 Å². The summed E-state index contributed by atoms with van der Waals surface area (Å²) in [7, 11) is 1.81. The van der Waals surface area contributed by atoms with Gasteiger partial charge in [0.1, 0.15) is 5.69 Å². The van der Waals surface area contributed by atoms with Gasteiger partial charge in [-0.25, -0.2) is 4.79 Å². The van der Waals surface area contributed by atoms with Crippen molar-refractivity contribution in [2.45, 2.75) is 6.92 Å². The van der Waals surface area contributed by atoms with E-state index in [1.165, 1.54) is 0 Å². The van der Waals surface area contributed by atoms with Crippen LogP contribution in [0.1, 0.15) is 6.92 Å². The van der Waals surface area contributed by atoms with Gasteiger partial charge in [-0.15, -0.1) is 0 Å². The maximum atomic E-state index is 12.2. The Bertz CT molecular complexity index is 595. The molecule has 0 aliphatic rings. The van der Waals surface area contributed by atoms with Crippen molar-refractivity contribution in [3.63, 3.8) is 0 Å². The van der Waals surface area contributed by atoms with Crippen LogP contribution < -0.4 is 5.32 Å². The average Bonchev–Trinajstić information content (AvgIpc) is 2.86. The van der Waals surface area contributed by atoms with Crippen LogP contribution in [-0.2, 0) is 7.05 Å². The minimum atomic E-state index is -0.239. The fourth-order valence-electron chi connectivity index (χ4n) is 2.11. The SMILES string of the molecule is CCN(CCO)C(=O)Nc1cn(C)nc1-c1ccccc1. The second kappa shape index (κ2) is 6.90. The lowest BCUT2D eigenvalue weighted by Gasteiger charge is -2.20. The van der Waals surface area contributed by atoms with E-state index >= 15 is 0 Å². The molecule has 0 unspecified atom stereocenters. The Hall–Kier alpha value is -2.34. The summed E-state index contributed by atoms with van der Waals surface area (Å²) in [5.74, 6) is 0. The van der Waals surface area contributed by atoms with Gasteiger partial charge in [-0.05, 0) is 6.92 Å².